The molecule has 0 bridgehead atoms. The van der Waals surface area contributed by atoms with Crippen molar-refractivity contribution in [3.63, 3.8) is 0 Å². The van der Waals surface area contributed by atoms with Crippen LogP contribution in [0.4, 0.5) is 0 Å². The molecule has 0 aliphatic heterocycles. The summed E-state index contributed by atoms with van der Waals surface area (Å²) < 4.78 is 13.9. The first-order chi connectivity index (χ1) is 14.7. The number of carbonyl (C=O) groups is 2. The molecule has 11 nitrogen and oxygen atoms in total. The third-order valence-electron chi connectivity index (χ3n) is 3.62. The van der Waals surface area contributed by atoms with Crippen molar-refractivity contribution in [1.29, 1.82) is 0 Å². The summed E-state index contributed by atoms with van der Waals surface area (Å²) in [5.74, 6) is -1.27. The molecule has 0 saturated heterocycles. The number of nitrogens with zero attached hydrogens (tertiary/aromatic N) is 6. The second kappa shape index (κ2) is 9.58. The highest BCUT2D eigenvalue weighted by Crippen LogP contribution is 2.19. The van der Waals surface area contributed by atoms with Crippen LogP contribution in [0.15, 0.2) is 33.5 Å². The maximum atomic E-state index is 11.2. The molecule has 31 heavy (non-hydrogen) atoms. The molecule has 0 atom stereocenters. The van der Waals surface area contributed by atoms with E-state index in [-0.39, 0.29) is 11.4 Å². The van der Waals surface area contributed by atoms with Crippen molar-refractivity contribution >= 4 is 66.7 Å². The van der Waals surface area contributed by atoms with E-state index >= 15 is 0 Å². The zero-order valence-electron chi connectivity index (χ0n) is 15.9. The fraction of sp³-hybridized carbons (Fsp3) is 0.176. The van der Waals surface area contributed by atoms with E-state index in [0.717, 1.165) is 0 Å². The SMILES string of the molecule is CCOc1cc(C(=O)O)nc2cc(Br)nn12.COC(=O)c1cc(Cl)n2nc(Br)cc2n1. The second-order valence-electron chi connectivity index (χ2n) is 5.65. The molecule has 4 aromatic rings. The average Bonchev–Trinajstić information content (AvgIpc) is 3.29. The molecule has 4 rings (SSSR count). The fourth-order valence-electron chi connectivity index (χ4n) is 2.40. The summed E-state index contributed by atoms with van der Waals surface area (Å²) in [5, 5.41) is 17.3. The van der Waals surface area contributed by atoms with Crippen LogP contribution in [0.3, 0.4) is 0 Å². The number of hydrogen-bond acceptors (Lipinski definition) is 8. The summed E-state index contributed by atoms with van der Waals surface area (Å²) in [5.41, 5.74) is 0.996. The first-order valence-electron chi connectivity index (χ1n) is 8.46. The molecular formula is C17H13Br2ClN6O5. The largest absolute Gasteiger partial charge is 0.478 e. The van der Waals surface area contributed by atoms with Gasteiger partial charge in [0.15, 0.2) is 22.7 Å². The molecule has 162 valence electrons. The van der Waals surface area contributed by atoms with Crippen LogP contribution in [0.5, 0.6) is 5.88 Å². The van der Waals surface area contributed by atoms with Gasteiger partial charge in [0.2, 0.25) is 5.88 Å². The lowest BCUT2D eigenvalue weighted by molar-refractivity contribution is 0.0593. The number of esters is 1. The van der Waals surface area contributed by atoms with Gasteiger partial charge in [-0.15, -0.1) is 0 Å². The Hall–Kier alpha value is -2.77. The van der Waals surface area contributed by atoms with Gasteiger partial charge in [0, 0.05) is 24.3 Å². The molecular weight excluding hydrogens is 563 g/mol. The quantitative estimate of drug-likeness (QED) is 0.286. The van der Waals surface area contributed by atoms with E-state index < -0.39 is 11.9 Å². The Balaban J connectivity index is 0.000000176. The smallest absolute Gasteiger partial charge is 0.356 e. The first kappa shape index (κ1) is 22.9. The fourth-order valence-corrected chi connectivity index (χ4v) is 3.35. The zero-order chi connectivity index (χ0) is 22.7. The number of carboxylic acid groups (broad SMARTS) is 1. The molecule has 0 unspecified atom stereocenters. The maximum absolute atomic E-state index is 11.2. The van der Waals surface area contributed by atoms with E-state index in [0.29, 0.717) is 38.1 Å². The minimum absolute atomic E-state index is 0.0663. The molecule has 4 aromatic heterocycles. The number of fused-ring (bicyclic) bond motifs is 2. The van der Waals surface area contributed by atoms with Crippen molar-refractivity contribution in [2.24, 2.45) is 0 Å². The van der Waals surface area contributed by atoms with Crippen LogP contribution >= 0.6 is 43.5 Å². The van der Waals surface area contributed by atoms with E-state index in [1.165, 1.54) is 28.3 Å². The molecule has 0 aliphatic carbocycles. The Morgan fingerprint density at radius 2 is 1.61 bits per heavy atom. The zero-order valence-corrected chi connectivity index (χ0v) is 19.8. The predicted molar refractivity (Wildman–Crippen MR) is 116 cm³/mol. The molecule has 14 heteroatoms. The van der Waals surface area contributed by atoms with Crippen LogP contribution < -0.4 is 4.74 Å². The maximum Gasteiger partial charge on any atom is 0.356 e. The predicted octanol–water partition coefficient (Wildman–Crippen LogP) is 3.52. The van der Waals surface area contributed by atoms with Gasteiger partial charge in [0.1, 0.15) is 14.4 Å². The second-order valence-corrected chi connectivity index (χ2v) is 7.66. The first-order valence-corrected chi connectivity index (χ1v) is 10.4. The number of halogens is 3. The minimum Gasteiger partial charge on any atom is -0.478 e. The van der Waals surface area contributed by atoms with Gasteiger partial charge in [0.25, 0.3) is 0 Å². The summed E-state index contributed by atoms with van der Waals surface area (Å²) in [4.78, 5) is 30.0. The number of rotatable bonds is 4. The van der Waals surface area contributed by atoms with Crippen molar-refractivity contribution in [2.75, 3.05) is 13.7 Å². The van der Waals surface area contributed by atoms with Crippen molar-refractivity contribution < 1.29 is 24.2 Å². The van der Waals surface area contributed by atoms with E-state index in [4.69, 9.17) is 21.4 Å². The highest BCUT2D eigenvalue weighted by molar-refractivity contribution is 9.10. The van der Waals surface area contributed by atoms with Crippen LogP contribution in [-0.2, 0) is 4.74 Å². The topological polar surface area (TPSA) is 133 Å². The van der Waals surface area contributed by atoms with Crippen LogP contribution in [0.25, 0.3) is 11.3 Å². The molecule has 0 saturated carbocycles. The average molecular weight is 577 g/mol. The Bertz CT molecular complexity index is 1290. The molecule has 0 spiro atoms. The lowest BCUT2D eigenvalue weighted by Crippen LogP contribution is -2.07. The van der Waals surface area contributed by atoms with Gasteiger partial charge in [-0.1, -0.05) is 11.6 Å². The van der Waals surface area contributed by atoms with Crippen molar-refractivity contribution in [3.05, 3.63) is 50.0 Å². The Labute approximate surface area is 196 Å². The number of aromatic carboxylic acids is 1. The standard InChI is InChI=1S/C9H8BrN3O3.C8H5BrClN3O2/c1-2-16-8-3-5(9(14)15)11-7-4-6(10)12-13(7)8;1-15-8(14)4-2-6(10)13-7(11-4)3-5(9)12-13/h3-4H,2H2,1H3,(H,14,15);2-3H,1H3. The van der Waals surface area contributed by atoms with Crippen molar-refractivity contribution in [2.45, 2.75) is 6.92 Å². The summed E-state index contributed by atoms with van der Waals surface area (Å²) in [7, 11) is 1.29. The number of ether oxygens (including phenoxy) is 2. The molecule has 0 amide bonds. The van der Waals surface area contributed by atoms with E-state index in [2.05, 4.69) is 56.8 Å². The Morgan fingerprint density at radius 3 is 2.19 bits per heavy atom. The van der Waals surface area contributed by atoms with Gasteiger partial charge in [-0.25, -0.2) is 24.1 Å². The Morgan fingerprint density at radius 1 is 1.03 bits per heavy atom. The van der Waals surface area contributed by atoms with Gasteiger partial charge < -0.3 is 14.6 Å². The highest BCUT2D eigenvalue weighted by atomic mass is 79.9. The van der Waals surface area contributed by atoms with Gasteiger partial charge in [-0.3, -0.25) is 0 Å². The normalized spacial score (nSPS) is 10.6. The van der Waals surface area contributed by atoms with Crippen LogP contribution in [0.1, 0.15) is 27.9 Å². The van der Waals surface area contributed by atoms with Gasteiger partial charge in [-0.2, -0.15) is 14.7 Å². The van der Waals surface area contributed by atoms with Crippen LogP contribution in [0.2, 0.25) is 5.15 Å². The van der Waals surface area contributed by atoms with Gasteiger partial charge in [0.05, 0.1) is 13.7 Å². The van der Waals surface area contributed by atoms with Crippen molar-refractivity contribution in [1.82, 2.24) is 29.2 Å². The minimum atomic E-state index is -1.10. The Kier molecular flexibility index (Phi) is 7.08. The summed E-state index contributed by atoms with van der Waals surface area (Å²) in [6, 6.07) is 6.02. The van der Waals surface area contributed by atoms with Crippen LogP contribution in [-0.4, -0.2) is 60.0 Å². The summed E-state index contributed by atoms with van der Waals surface area (Å²) >= 11 is 12.3. The molecule has 4 heterocycles. The molecule has 0 radical (unpaired) electrons. The number of carbonyl (C=O) groups excluding carboxylic acids is 1. The molecule has 1 N–H and O–H groups in total. The number of carboxylic acids is 1. The number of methoxy groups -OCH3 is 1. The van der Waals surface area contributed by atoms with E-state index in [1.54, 1.807) is 12.1 Å². The lowest BCUT2D eigenvalue weighted by Gasteiger charge is -2.05. The number of aromatic nitrogens is 6. The summed E-state index contributed by atoms with van der Waals surface area (Å²) in [6.45, 7) is 2.24. The van der Waals surface area contributed by atoms with Crippen LogP contribution in [0, 0.1) is 0 Å². The van der Waals surface area contributed by atoms with Gasteiger partial charge >= 0.3 is 11.9 Å². The summed E-state index contributed by atoms with van der Waals surface area (Å²) in [6.07, 6.45) is 0. The van der Waals surface area contributed by atoms with E-state index in [1.807, 2.05) is 6.92 Å². The molecule has 0 aliphatic rings. The molecule has 0 fully saturated rings. The lowest BCUT2D eigenvalue weighted by atomic mass is 10.4. The number of hydrogen-bond donors (Lipinski definition) is 1. The third kappa shape index (κ3) is 5.11. The molecule has 0 aromatic carbocycles. The highest BCUT2D eigenvalue weighted by Gasteiger charge is 2.14. The van der Waals surface area contributed by atoms with Crippen molar-refractivity contribution in [3.8, 4) is 5.88 Å². The van der Waals surface area contributed by atoms with Gasteiger partial charge in [-0.05, 0) is 38.8 Å². The van der Waals surface area contributed by atoms with E-state index in [9.17, 15) is 9.59 Å². The monoisotopic (exact) mass is 574 g/mol. The third-order valence-corrected chi connectivity index (χ3v) is 4.67.